The first-order valence-corrected chi connectivity index (χ1v) is 7.94. The number of nitrogens with one attached hydrogen (secondary N) is 2. The number of hydrogen-bond acceptors (Lipinski definition) is 3. The van der Waals surface area contributed by atoms with Gasteiger partial charge in [-0.1, -0.05) is 37.2 Å². The lowest BCUT2D eigenvalue weighted by Gasteiger charge is -2.07. The largest absolute Gasteiger partial charge is 0.313 e. The predicted molar refractivity (Wildman–Crippen MR) is 78.6 cm³/mol. The van der Waals surface area contributed by atoms with Crippen LogP contribution in [0.15, 0.2) is 40.8 Å². The van der Waals surface area contributed by atoms with Crippen LogP contribution in [0.3, 0.4) is 0 Å². The number of sulfonamides is 1. The Hall–Kier alpha value is -0.880. The Morgan fingerprint density at radius 3 is 2.47 bits per heavy atom. The van der Waals surface area contributed by atoms with Crippen LogP contribution in [-0.2, 0) is 16.6 Å². The quantitative estimate of drug-likeness (QED) is 0.724. The fourth-order valence-corrected chi connectivity index (χ4v) is 2.62. The average molecular weight is 303 g/mol. The summed E-state index contributed by atoms with van der Waals surface area (Å²) in [5, 5.41) is 3.51. The third-order valence-electron chi connectivity index (χ3n) is 2.44. The molecule has 0 unspecified atom stereocenters. The fraction of sp³-hybridized carbons (Fsp3) is 0.385. The third-order valence-corrected chi connectivity index (χ3v) is 3.99. The second-order valence-corrected chi connectivity index (χ2v) is 6.46. The minimum atomic E-state index is -3.51. The van der Waals surface area contributed by atoms with Gasteiger partial charge >= 0.3 is 0 Å². The number of rotatable bonds is 8. The molecule has 0 saturated heterocycles. The first-order chi connectivity index (χ1) is 8.95. The Bertz CT molecular complexity index is 512. The van der Waals surface area contributed by atoms with Crippen LogP contribution in [0.5, 0.6) is 0 Å². The maximum absolute atomic E-state index is 11.9. The summed E-state index contributed by atoms with van der Waals surface area (Å²) in [6.07, 6.45) is 1.07. The molecule has 6 heteroatoms. The molecular weight excluding hydrogens is 284 g/mol. The Kier molecular flexibility index (Phi) is 6.51. The van der Waals surface area contributed by atoms with Gasteiger partial charge in [-0.3, -0.25) is 0 Å². The van der Waals surface area contributed by atoms with Crippen molar-refractivity contribution in [3.05, 3.63) is 41.4 Å². The molecule has 19 heavy (non-hydrogen) atoms. The molecule has 0 bridgehead atoms. The number of halogens is 1. The van der Waals surface area contributed by atoms with Crippen molar-refractivity contribution in [3.63, 3.8) is 0 Å². The van der Waals surface area contributed by atoms with E-state index in [1.54, 1.807) is 24.3 Å². The van der Waals surface area contributed by atoms with Gasteiger partial charge in [-0.25, -0.2) is 13.1 Å². The Balaban J connectivity index is 2.67. The molecule has 1 rings (SSSR count). The lowest BCUT2D eigenvalue weighted by atomic mass is 10.2. The Labute approximate surface area is 119 Å². The van der Waals surface area contributed by atoms with Gasteiger partial charge in [0.05, 0.1) is 4.90 Å². The molecule has 0 aliphatic carbocycles. The van der Waals surface area contributed by atoms with Gasteiger partial charge in [0, 0.05) is 18.1 Å². The van der Waals surface area contributed by atoms with Crippen LogP contribution in [0.25, 0.3) is 0 Å². The Morgan fingerprint density at radius 1 is 1.32 bits per heavy atom. The summed E-state index contributed by atoms with van der Waals surface area (Å²) >= 11 is 5.54. The van der Waals surface area contributed by atoms with Crippen molar-refractivity contribution in [2.24, 2.45) is 0 Å². The van der Waals surface area contributed by atoms with Crippen molar-refractivity contribution >= 4 is 21.6 Å². The summed E-state index contributed by atoms with van der Waals surface area (Å²) in [7, 11) is -3.51. The van der Waals surface area contributed by atoms with Gasteiger partial charge in [0.1, 0.15) is 0 Å². The van der Waals surface area contributed by atoms with Crippen molar-refractivity contribution in [1.82, 2.24) is 10.0 Å². The van der Waals surface area contributed by atoms with E-state index in [1.165, 1.54) is 0 Å². The van der Waals surface area contributed by atoms with Gasteiger partial charge in [0.25, 0.3) is 0 Å². The highest BCUT2D eigenvalue weighted by atomic mass is 35.5. The molecule has 0 aromatic heterocycles. The molecule has 0 heterocycles. The van der Waals surface area contributed by atoms with E-state index in [1.807, 2.05) is 0 Å². The van der Waals surface area contributed by atoms with Crippen molar-refractivity contribution in [1.29, 1.82) is 0 Å². The molecule has 4 nitrogen and oxygen atoms in total. The average Bonchev–Trinajstić information content (AvgIpc) is 2.37. The highest BCUT2D eigenvalue weighted by Crippen LogP contribution is 2.11. The molecule has 0 amide bonds. The van der Waals surface area contributed by atoms with E-state index in [0.29, 0.717) is 0 Å². The highest BCUT2D eigenvalue weighted by Gasteiger charge is 2.13. The molecule has 0 saturated carbocycles. The van der Waals surface area contributed by atoms with Crippen molar-refractivity contribution in [3.8, 4) is 0 Å². The standard InChI is InChI=1S/C13H19ClN2O2S/c1-3-8-15-10-12-4-6-13(7-5-12)19(17,18)16-9-11(2)14/h4-7,15-16H,2-3,8-10H2,1H3. The maximum Gasteiger partial charge on any atom is 0.240 e. The zero-order valence-electron chi connectivity index (χ0n) is 10.9. The summed E-state index contributed by atoms with van der Waals surface area (Å²) < 4.78 is 26.1. The molecular formula is C13H19ClN2O2S. The molecule has 0 fully saturated rings. The van der Waals surface area contributed by atoms with Crippen molar-refractivity contribution in [2.75, 3.05) is 13.1 Å². The molecule has 106 valence electrons. The second-order valence-electron chi connectivity index (χ2n) is 4.16. The molecule has 2 N–H and O–H groups in total. The minimum absolute atomic E-state index is 0.0314. The van der Waals surface area contributed by atoms with Crippen LogP contribution in [0.2, 0.25) is 0 Å². The SMILES string of the molecule is C=C(Cl)CNS(=O)(=O)c1ccc(CNCCC)cc1. The van der Waals surface area contributed by atoms with Gasteiger partial charge in [0.2, 0.25) is 10.0 Å². The maximum atomic E-state index is 11.9. The van der Waals surface area contributed by atoms with E-state index >= 15 is 0 Å². The van der Waals surface area contributed by atoms with E-state index in [2.05, 4.69) is 23.5 Å². The van der Waals surface area contributed by atoms with E-state index in [0.717, 1.165) is 25.1 Å². The van der Waals surface area contributed by atoms with Gasteiger partial charge in [0.15, 0.2) is 0 Å². The summed E-state index contributed by atoms with van der Waals surface area (Å²) in [5.41, 5.74) is 1.05. The van der Waals surface area contributed by atoms with Gasteiger partial charge < -0.3 is 5.32 Å². The van der Waals surface area contributed by atoms with E-state index < -0.39 is 10.0 Å². The molecule has 0 aliphatic heterocycles. The molecule has 0 spiro atoms. The van der Waals surface area contributed by atoms with Crippen LogP contribution in [0, 0.1) is 0 Å². The topological polar surface area (TPSA) is 58.2 Å². The summed E-state index contributed by atoms with van der Waals surface area (Å²) in [4.78, 5) is 0.227. The smallest absolute Gasteiger partial charge is 0.240 e. The number of benzene rings is 1. The summed E-state index contributed by atoms with van der Waals surface area (Å²) in [6.45, 7) is 7.25. The van der Waals surface area contributed by atoms with E-state index in [-0.39, 0.29) is 16.5 Å². The monoisotopic (exact) mass is 302 g/mol. The van der Waals surface area contributed by atoms with E-state index in [4.69, 9.17) is 11.6 Å². The van der Waals surface area contributed by atoms with Crippen LogP contribution in [0.4, 0.5) is 0 Å². The van der Waals surface area contributed by atoms with Crippen LogP contribution in [-0.4, -0.2) is 21.5 Å². The zero-order valence-corrected chi connectivity index (χ0v) is 12.5. The molecule has 0 aliphatic rings. The summed E-state index contributed by atoms with van der Waals surface area (Å²) in [5.74, 6) is 0. The normalized spacial score (nSPS) is 11.5. The lowest BCUT2D eigenvalue weighted by Crippen LogP contribution is -2.24. The second kappa shape index (κ2) is 7.65. The first-order valence-electron chi connectivity index (χ1n) is 6.08. The fourth-order valence-electron chi connectivity index (χ4n) is 1.45. The van der Waals surface area contributed by atoms with Crippen molar-refractivity contribution < 1.29 is 8.42 Å². The first kappa shape index (κ1) is 16.2. The Morgan fingerprint density at radius 2 is 1.95 bits per heavy atom. The van der Waals surface area contributed by atoms with Gasteiger partial charge in [-0.2, -0.15) is 0 Å². The lowest BCUT2D eigenvalue weighted by molar-refractivity contribution is 0.585. The predicted octanol–water partition coefficient (Wildman–Crippen LogP) is 2.22. The van der Waals surface area contributed by atoms with Gasteiger partial charge in [-0.15, -0.1) is 0 Å². The van der Waals surface area contributed by atoms with Crippen molar-refractivity contribution in [2.45, 2.75) is 24.8 Å². The zero-order chi connectivity index (χ0) is 14.3. The van der Waals surface area contributed by atoms with Crippen LogP contribution in [0.1, 0.15) is 18.9 Å². The molecule has 1 aromatic rings. The number of hydrogen-bond donors (Lipinski definition) is 2. The van der Waals surface area contributed by atoms with E-state index in [9.17, 15) is 8.42 Å². The molecule has 1 aromatic carbocycles. The molecule has 0 atom stereocenters. The van der Waals surface area contributed by atoms with Crippen LogP contribution < -0.4 is 10.0 Å². The summed E-state index contributed by atoms with van der Waals surface area (Å²) in [6, 6.07) is 6.77. The highest BCUT2D eigenvalue weighted by molar-refractivity contribution is 7.89. The van der Waals surface area contributed by atoms with Gasteiger partial charge in [-0.05, 0) is 30.7 Å². The molecule has 0 radical (unpaired) electrons. The third kappa shape index (κ3) is 5.74. The minimum Gasteiger partial charge on any atom is -0.313 e. The van der Waals surface area contributed by atoms with Crippen LogP contribution >= 0.6 is 11.6 Å².